The number of likely N-dealkylation sites (tertiary alicyclic amines) is 1. The summed E-state index contributed by atoms with van der Waals surface area (Å²) in [4.78, 5) is 14.5. The highest BCUT2D eigenvalue weighted by atomic mass is 16.5. The van der Waals surface area contributed by atoms with Crippen LogP contribution in [-0.2, 0) is 9.53 Å². The lowest BCUT2D eigenvalue weighted by Gasteiger charge is -2.32. The largest absolute Gasteiger partial charge is 0.465 e. The molecular weight excluding hydrogens is 240 g/mol. The molecule has 0 aromatic heterocycles. The van der Waals surface area contributed by atoms with Crippen LogP contribution < -0.4 is 5.32 Å². The highest BCUT2D eigenvalue weighted by molar-refractivity contribution is 5.80. The van der Waals surface area contributed by atoms with Crippen LogP contribution in [0.2, 0.25) is 0 Å². The molecule has 0 bridgehead atoms. The molecule has 0 spiro atoms. The molecule has 0 amide bonds. The second-order valence-electron chi connectivity index (χ2n) is 6.04. The van der Waals surface area contributed by atoms with Gasteiger partial charge in [-0.25, -0.2) is 0 Å². The number of esters is 1. The van der Waals surface area contributed by atoms with E-state index in [0.717, 1.165) is 19.5 Å². The monoisotopic (exact) mass is 270 g/mol. The summed E-state index contributed by atoms with van der Waals surface area (Å²) in [6, 6.07) is 0.670. The first-order valence-corrected chi connectivity index (χ1v) is 7.54. The quantitative estimate of drug-likeness (QED) is 0.719. The average molecular weight is 270 g/mol. The zero-order valence-electron chi connectivity index (χ0n) is 13.2. The zero-order chi connectivity index (χ0) is 14.5. The van der Waals surface area contributed by atoms with Crippen molar-refractivity contribution in [3.05, 3.63) is 0 Å². The Hall–Kier alpha value is -0.610. The molecular formula is C15H30N2O2. The van der Waals surface area contributed by atoms with E-state index in [9.17, 15) is 4.79 Å². The highest BCUT2D eigenvalue weighted by Gasteiger charge is 2.35. The summed E-state index contributed by atoms with van der Waals surface area (Å²) in [5, 5.41) is 3.13. The van der Waals surface area contributed by atoms with Crippen molar-refractivity contribution < 1.29 is 9.53 Å². The van der Waals surface area contributed by atoms with Crippen LogP contribution in [0.5, 0.6) is 0 Å². The zero-order valence-corrected chi connectivity index (χ0v) is 13.2. The summed E-state index contributed by atoms with van der Waals surface area (Å²) >= 11 is 0. The van der Waals surface area contributed by atoms with Gasteiger partial charge < -0.3 is 15.0 Å². The van der Waals surface area contributed by atoms with Crippen LogP contribution in [0.1, 0.15) is 47.0 Å². The van der Waals surface area contributed by atoms with E-state index in [-0.39, 0.29) is 5.97 Å². The molecule has 1 aliphatic rings. The first-order valence-electron chi connectivity index (χ1n) is 7.54. The van der Waals surface area contributed by atoms with E-state index in [2.05, 4.69) is 24.1 Å². The molecule has 19 heavy (non-hydrogen) atoms. The lowest BCUT2D eigenvalue weighted by molar-refractivity contribution is -0.150. The molecule has 2 atom stereocenters. The Labute approximate surface area is 117 Å². The first kappa shape index (κ1) is 16.4. The number of carbonyl (C=O) groups excluding carboxylic acids is 1. The van der Waals surface area contributed by atoms with Gasteiger partial charge in [0.15, 0.2) is 0 Å². The van der Waals surface area contributed by atoms with Gasteiger partial charge >= 0.3 is 5.97 Å². The van der Waals surface area contributed by atoms with Gasteiger partial charge in [0.1, 0.15) is 5.54 Å². The molecule has 0 aromatic carbocycles. The van der Waals surface area contributed by atoms with Crippen molar-refractivity contribution >= 4 is 5.97 Å². The second-order valence-corrected chi connectivity index (χ2v) is 6.04. The standard InChI is InChI=1S/C15H30N2O2/c1-6-19-14(18)15(4,16-5)9-11-17-10-7-8-13(17)12(2)3/h12-13,16H,6-11H2,1-5H3. The number of hydrogen-bond donors (Lipinski definition) is 1. The molecule has 4 nitrogen and oxygen atoms in total. The molecule has 1 saturated heterocycles. The van der Waals surface area contributed by atoms with Crippen LogP contribution in [-0.4, -0.2) is 49.2 Å². The molecule has 112 valence electrons. The van der Waals surface area contributed by atoms with Gasteiger partial charge in [-0.15, -0.1) is 0 Å². The van der Waals surface area contributed by atoms with E-state index in [1.807, 2.05) is 20.9 Å². The molecule has 2 unspecified atom stereocenters. The summed E-state index contributed by atoms with van der Waals surface area (Å²) in [6.45, 7) is 10.9. The molecule has 1 N–H and O–H groups in total. The van der Waals surface area contributed by atoms with Crippen molar-refractivity contribution in [3.63, 3.8) is 0 Å². The maximum absolute atomic E-state index is 12.0. The van der Waals surface area contributed by atoms with Gasteiger partial charge in [-0.05, 0) is 52.6 Å². The first-order chi connectivity index (χ1) is 8.94. The number of nitrogens with one attached hydrogen (secondary N) is 1. The predicted octanol–water partition coefficient (Wildman–Crippen LogP) is 2.04. The minimum atomic E-state index is -0.569. The fourth-order valence-corrected chi connectivity index (χ4v) is 2.87. The molecule has 0 aliphatic carbocycles. The van der Waals surface area contributed by atoms with Crippen molar-refractivity contribution in [1.82, 2.24) is 10.2 Å². The van der Waals surface area contributed by atoms with E-state index < -0.39 is 5.54 Å². The number of hydrogen-bond acceptors (Lipinski definition) is 4. The van der Waals surface area contributed by atoms with Gasteiger partial charge in [0.25, 0.3) is 0 Å². The number of carbonyl (C=O) groups is 1. The normalized spacial score (nSPS) is 23.6. The van der Waals surface area contributed by atoms with Crippen molar-refractivity contribution in [1.29, 1.82) is 0 Å². The lowest BCUT2D eigenvalue weighted by atomic mass is 9.96. The topological polar surface area (TPSA) is 41.6 Å². The average Bonchev–Trinajstić information content (AvgIpc) is 2.84. The molecule has 1 heterocycles. The Kier molecular flexibility index (Phi) is 6.27. The highest BCUT2D eigenvalue weighted by Crippen LogP contribution is 2.25. The smallest absolute Gasteiger partial charge is 0.326 e. The molecule has 1 aliphatic heterocycles. The van der Waals surface area contributed by atoms with Gasteiger partial charge in [0.2, 0.25) is 0 Å². The SMILES string of the molecule is CCOC(=O)C(C)(CCN1CCCC1C(C)C)NC. The third-order valence-corrected chi connectivity index (χ3v) is 4.36. The third kappa shape index (κ3) is 4.18. The molecule has 4 heteroatoms. The van der Waals surface area contributed by atoms with Gasteiger partial charge in [-0.1, -0.05) is 13.8 Å². The maximum atomic E-state index is 12.0. The van der Waals surface area contributed by atoms with Gasteiger partial charge in [0.05, 0.1) is 6.61 Å². The second kappa shape index (κ2) is 7.25. The summed E-state index contributed by atoms with van der Waals surface area (Å²) in [7, 11) is 1.83. The van der Waals surface area contributed by atoms with Crippen LogP contribution in [0.25, 0.3) is 0 Å². The van der Waals surface area contributed by atoms with E-state index in [1.54, 1.807) is 0 Å². The Balaban J connectivity index is 2.55. The van der Waals surface area contributed by atoms with Crippen molar-refractivity contribution in [2.24, 2.45) is 5.92 Å². The number of rotatable bonds is 7. The van der Waals surface area contributed by atoms with Crippen molar-refractivity contribution in [2.75, 3.05) is 26.7 Å². The summed E-state index contributed by atoms with van der Waals surface area (Å²) in [6.07, 6.45) is 3.36. The van der Waals surface area contributed by atoms with Crippen LogP contribution in [0.15, 0.2) is 0 Å². The Morgan fingerprint density at radius 1 is 1.53 bits per heavy atom. The third-order valence-electron chi connectivity index (χ3n) is 4.36. The Bertz CT molecular complexity index is 294. The predicted molar refractivity (Wildman–Crippen MR) is 78.1 cm³/mol. The molecule has 0 radical (unpaired) electrons. The summed E-state index contributed by atoms with van der Waals surface area (Å²) in [5.41, 5.74) is -0.569. The molecule has 1 fully saturated rings. The van der Waals surface area contributed by atoms with Crippen LogP contribution in [0.4, 0.5) is 0 Å². The number of likely N-dealkylation sites (N-methyl/N-ethyl adjacent to an activating group) is 1. The fraction of sp³-hybridized carbons (Fsp3) is 0.933. The van der Waals surface area contributed by atoms with Crippen molar-refractivity contribution in [2.45, 2.75) is 58.5 Å². The van der Waals surface area contributed by atoms with Crippen LogP contribution in [0.3, 0.4) is 0 Å². The van der Waals surface area contributed by atoms with Crippen LogP contribution in [0, 0.1) is 5.92 Å². The molecule has 1 rings (SSSR count). The van der Waals surface area contributed by atoms with Crippen molar-refractivity contribution in [3.8, 4) is 0 Å². The van der Waals surface area contributed by atoms with E-state index >= 15 is 0 Å². The van der Waals surface area contributed by atoms with Gasteiger partial charge in [-0.3, -0.25) is 4.79 Å². The minimum absolute atomic E-state index is 0.141. The molecule has 0 aromatic rings. The van der Waals surface area contributed by atoms with Gasteiger partial charge in [-0.2, -0.15) is 0 Å². The maximum Gasteiger partial charge on any atom is 0.326 e. The number of ether oxygens (including phenoxy) is 1. The van der Waals surface area contributed by atoms with Crippen LogP contribution >= 0.6 is 0 Å². The number of nitrogens with zero attached hydrogens (tertiary/aromatic N) is 1. The Morgan fingerprint density at radius 2 is 2.21 bits per heavy atom. The fourth-order valence-electron chi connectivity index (χ4n) is 2.87. The van der Waals surface area contributed by atoms with Gasteiger partial charge in [0, 0.05) is 12.6 Å². The summed E-state index contributed by atoms with van der Waals surface area (Å²) < 4.78 is 5.17. The molecule has 0 saturated carbocycles. The van der Waals surface area contributed by atoms with E-state index in [4.69, 9.17) is 4.74 Å². The van der Waals surface area contributed by atoms with E-state index in [1.165, 1.54) is 12.8 Å². The lowest BCUT2D eigenvalue weighted by Crippen LogP contribution is -2.51. The summed E-state index contributed by atoms with van der Waals surface area (Å²) in [5.74, 6) is 0.545. The Morgan fingerprint density at radius 3 is 2.74 bits per heavy atom. The van der Waals surface area contributed by atoms with E-state index in [0.29, 0.717) is 18.6 Å². The minimum Gasteiger partial charge on any atom is -0.465 e.